The number of hydrogen-bond donors (Lipinski definition) is 1. The van der Waals surface area contributed by atoms with E-state index in [2.05, 4.69) is 4.74 Å². The van der Waals surface area contributed by atoms with Gasteiger partial charge in [0.25, 0.3) is 0 Å². The molecule has 29 heavy (non-hydrogen) atoms. The summed E-state index contributed by atoms with van der Waals surface area (Å²) in [5.74, 6) is -2.76. The number of nitrogens with zero attached hydrogens (tertiary/aromatic N) is 2. The van der Waals surface area contributed by atoms with Gasteiger partial charge in [0.05, 0.1) is 23.6 Å². The van der Waals surface area contributed by atoms with Crippen molar-refractivity contribution in [3.05, 3.63) is 39.9 Å². The number of carboxylic acids is 1. The first-order valence-electron chi connectivity index (χ1n) is 8.74. The molecule has 1 aliphatic rings. The molecule has 0 saturated carbocycles. The van der Waals surface area contributed by atoms with Crippen LogP contribution in [0.1, 0.15) is 18.4 Å². The summed E-state index contributed by atoms with van der Waals surface area (Å²) in [7, 11) is 1.13. The fraction of sp³-hybridized carbons (Fsp3) is 0.368. The molecule has 0 radical (unpaired) electrons. The highest BCUT2D eigenvalue weighted by atomic mass is 35.5. The molecule has 1 atom stereocenters. The number of carbonyl (C=O) groups excluding carboxylic acids is 3. The number of amides is 2. The van der Waals surface area contributed by atoms with Crippen molar-refractivity contribution in [1.82, 2.24) is 9.80 Å². The van der Waals surface area contributed by atoms with Crippen LogP contribution in [0, 0.1) is 0 Å². The van der Waals surface area contributed by atoms with Crippen LogP contribution in [0.15, 0.2) is 24.3 Å². The Morgan fingerprint density at radius 1 is 1.21 bits per heavy atom. The largest absolute Gasteiger partial charge is 0.481 e. The third-order valence-corrected chi connectivity index (χ3v) is 5.16. The number of rotatable bonds is 6. The molecule has 1 saturated heterocycles. The second-order valence-electron chi connectivity index (χ2n) is 6.31. The van der Waals surface area contributed by atoms with Gasteiger partial charge in [0, 0.05) is 32.1 Å². The molecule has 2 rings (SSSR count). The quantitative estimate of drug-likeness (QED) is 0.534. The Bertz CT molecular complexity index is 842. The van der Waals surface area contributed by atoms with Gasteiger partial charge in [-0.2, -0.15) is 0 Å². The highest BCUT2D eigenvalue weighted by Crippen LogP contribution is 2.23. The van der Waals surface area contributed by atoms with E-state index in [4.69, 9.17) is 28.3 Å². The number of esters is 1. The Morgan fingerprint density at radius 2 is 1.93 bits per heavy atom. The van der Waals surface area contributed by atoms with Crippen LogP contribution in [0.3, 0.4) is 0 Å². The molecule has 0 aliphatic carbocycles. The highest BCUT2D eigenvalue weighted by molar-refractivity contribution is 6.42. The Kier molecular flexibility index (Phi) is 8.04. The molecule has 156 valence electrons. The number of methoxy groups -OCH3 is 1. The summed E-state index contributed by atoms with van der Waals surface area (Å²) in [6.07, 6.45) is 2.34. The maximum Gasteiger partial charge on any atom is 0.329 e. The minimum Gasteiger partial charge on any atom is -0.481 e. The Labute approximate surface area is 177 Å². The van der Waals surface area contributed by atoms with Gasteiger partial charge in [-0.3, -0.25) is 14.4 Å². The molecule has 1 N–H and O–H groups in total. The van der Waals surface area contributed by atoms with Gasteiger partial charge >= 0.3 is 11.9 Å². The standard InChI is InChI=1S/C19H20Cl2N2O6/c1-29-19(28)15(11-18(26)27)23-9-8-22(7-6-17(23)25)16(24)5-3-12-2-4-13(20)14(21)10-12/h2-5,10,15H,6-9,11H2,1H3,(H,26,27). The van der Waals surface area contributed by atoms with Crippen LogP contribution in [-0.4, -0.2) is 71.4 Å². The molecule has 1 aliphatic heterocycles. The van der Waals surface area contributed by atoms with E-state index in [1.165, 1.54) is 11.0 Å². The smallest absolute Gasteiger partial charge is 0.329 e. The first kappa shape index (κ1) is 22.7. The first-order chi connectivity index (χ1) is 13.7. The molecule has 10 heteroatoms. The average molecular weight is 443 g/mol. The minimum atomic E-state index is -1.23. The van der Waals surface area contributed by atoms with Crippen molar-refractivity contribution in [3.63, 3.8) is 0 Å². The van der Waals surface area contributed by atoms with Gasteiger partial charge in [0.1, 0.15) is 6.04 Å². The SMILES string of the molecule is COC(=O)C(CC(=O)O)N1CCN(C(=O)C=Cc2ccc(Cl)c(Cl)c2)CCC1=O. The van der Waals surface area contributed by atoms with Crippen LogP contribution < -0.4 is 0 Å². The number of aliphatic carboxylic acids is 1. The van der Waals surface area contributed by atoms with Crippen molar-refractivity contribution in [2.45, 2.75) is 18.9 Å². The summed E-state index contributed by atoms with van der Waals surface area (Å²) in [5, 5.41) is 9.80. The molecular formula is C19H20Cl2N2O6. The van der Waals surface area contributed by atoms with E-state index >= 15 is 0 Å². The van der Waals surface area contributed by atoms with Crippen LogP contribution in [0.2, 0.25) is 10.0 Å². The molecule has 1 aromatic rings. The van der Waals surface area contributed by atoms with Gasteiger partial charge in [-0.25, -0.2) is 4.79 Å². The Hall–Kier alpha value is -2.58. The van der Waals surface area contributed by atoms with Gasteiger partial charge in [-0.05, 0) is 23.8 Å². The lowest BCUT2D eigenvalue weighted by molar-refractivity contribution is -0.156. The minimum absolute atomic E-state index is 0.0260. The van der Waals surface area contributed by atoms with E-state index < -0.39 is 30.3 Å². The van der Waals surface area contributed by atoms with Gasteiger partial charge in [-0.1, -0.05) is 29.3 Å². The predicted octanol–water partition coefficient (Wildman–Crippen LogP) is 2.08. The zero-order valence-electron chi connectivity index (χ0n) is 15.6. The molecule has 0 aromatic heterocycles. The van der Waals surface area contributed by atoms with Crippen molar-refractivity contribution in [1.29, 1.82) is 0 Å². The summed E-state index contributed by atoms with van der Waals surface area (Å²) in [6, 6.07) is 3.71. The fourth-order valence-electron chi connectivity index (χ4n) is 2.90. The number of hydrogen-bond acceptors (Lipinski definition) is 5. The van der Waals surface area contributed by atoms with E-state index in [9.17, 15) is 19.2 Å². The summed E-state index contributed by atoms with van der Waals surface area (Å²) >= 11 is 11.8. The first-order valence-corrected chi connectivity index (χ1v) is 9.49. The predicted molar refractivity (Wildman–Crippen MR) is 106 cm³/mol. The van der Waals surface area contributed by atoms with Gasteiger partial charge < -0.3 is 19.6 Å². The molecule has 2 amide bonds. The van der Waals surface area contributed by atoms with Gasteiger partial charge in [-0.15, -0.1) is 0 Å². The molecule has 0 bridgehead atoms. The normalized spacial score (nSPS) is 15.9. The lowest BCUT2D eigenvalue weighted by atomic mass is 10.1. The van der Waals surface area contributed by atoms with Crippen molar-refractivity contribution in [2.75, 3.05) is 26.7 Å². The second-order valence-corrected chi connectivity index (χ2v) is 7.12. The molecule has 1 unspecified atom stereocenters. The van der Waals surface area contributed by atoms with Crippen molar-refractivity contribution >= 4 is 53.0 Å². The van der Waals surface area contributed by atoms with Crippen molar-refractivity contribution in [3.8, 4) is 0 Å². The topological polar surface area (TPSA) is 104 Å². The monoisotopic (exact) mass is 442 g/mol. The lowest BCUT2D eigenvalue weighted by Crippen LogP contribution is -2.47. The van der Waals surface area contributed by atoms with Crippen LogP contribution >= 0.6 is 23.2 Å². The number of benzene rings is 1. The maximum atomic E-state index is 12.5. The lowest BCUT2D eigenvalue weighted by Gasteiger charge is -2.27. The zero-order valence-corrected chi connectivity index (χ0v) is 17.2. The van der Waals surface area contributed by atoms with E-state index in [1.807, 2.05) is 0 Å². The molecule has 1 fully saturated rings. The van der Waals surface area contributed by atoms with Crippen LogP contribution in [0.4, 0.5) is 0 Å². The van der Waals surface area contributed by atoms with E-state index in [1.54, 1.807) is 24.3 Å². The summed E-state index contributed by atoms with van der Waals surface area (Å²) in [5.41, 5.74) is 0.687. The molecule has 1 heterocycles. The Balaban J connectivity index is 2.08. The third kappa shape index (κ3) is 6.20. The third-order valence-electron chi connectivity index (χ3n) is 4.42. The molecule has 8 nitrogen and oxygen atoms in total. The molecule has 0 spiro atoms. The second kappa shape index (κ2) is 10.3. The van der Waals surface area contributed by atoms with Gasteiger partial charge in [0.15, 0.2) is 0 Å². The Morgan fingerprint density at radius 3 is 2.55 bits per heavy atom. The molecular weight excluding hydrogens is 423 g/mol. The van der Waals surface area contributed by atoms with Gasteiger partial charge in [0.2, 0.25) is 11.8 Å². The maximum absolute atomic E-state index is 12.5. The number of carboxylic acid groups (broad SMARTS) is 1. The fourth-order valence-corrected chi connectivity index (χ4v) is 3.21. The highest BCUT2D eigenvalue weighted by Gasteiger charge is 2.34. The van der Waals surface area contributed by atoms with Crippen LogP contribution in [0.25, 0.3) is 6.08 Å². The van der Waals surface area contributed by atoms with E-state index in [0.29, 0.717) is 15.6 Å². The number of ether oxygens (including phenoxy) is 1. The summed E-state index contributed by atoms with van der Waals surface area (Å²) in [6.45, 7) is 0.336. The average Bonchev–Trinajstić information content (AvgIpc) is 2.87. The van der Waals surface area contributed by atoms with E-state index in [0.717, 1.165) is 12.0 Å². The van der Waals surface area contributed by atoms with Crippen LogP contribution in [-0.2, 0) is 23.9 Å². The van der Waals surface area contributed by atoms with Crippen molar-refractivity contribution in [2.24, 2.45) is 0 Å². The van der Waals surface area contributed by atoms with Crippen molar-refractivity contribution < 1.29 is 29.0 Å². The summed E-state index contributed by atoms with van der Waals surface area (Å²) in [4.78, 5) is 50.5. The molecule has 1 aromatic carbocycles. The zero-order chi connectivity index (χ0) is 21.6. The number of halogens is 2. The number of carbonyl (C=O) groups is 4. The van der Waals surface area contributed by atoms with E-state index in [-0.39, 0.29) is 32.0 Å². The summed E-state index contributed by atoms with van der Waals surface area (Å²) < 4.78 is 4.63. The van der Waals surface area contributed by atoms with Crippen LogP contribution in [0.5, 0.6) is 0 Å².